The number of rotatable bonds is 7. The van der Waals surface area contributed by atoms with Gasteiger partial charge in [0.1, 0.15) is 0 Å². The van der Waals surface area contributed by atoms with Crippen molar-refractivity contribution in [2.45, 2.75) is 78.8 Å². The minimum Gasteiger partial charge on any atom is -0.228 e. The van der Waals surface area contributed by atoms with Crippen molar-refractivity contribution in [3.05, 3.63) is 12.2 Å². The Labute approximate surface area is 111 Å². The van der Waals surface area contributed by atoms with Crippen molar-refractivity contribution < 1.29 is 19.6 Å². The molecule has 0 fully saturated rings. The van der Waals surface area contributed by atoms with E-state index in [1.165, 1.54) is 0 Å². The van der Waals surface area contributed by atoms with Gasteiger partial charge in [-0.15, -0.1) is 0 Å². The van der Waals surface area contributed by atoms with Crippen molar-refractivity contribution in [3.8, 4) is 0 Å². The normalized spacial score (nSPS) is 13.8. The summed E-state index contributed by atoms with van der Waals surface area (Å²) in [6, 6.07) is 0. The Morgan fingerprint density at radius 3 is 1.61 bits per heavy atom. The Hall–Kier alpha value is -0.420. The maximum absolute atomic E-state index is 5.25. The molecule has 0 saturated carbocycles. The van der Waals surface area contributed by atoms with Gasteiger partial charge in [-0.05, 0) is 48.0 Å². The summed E-state index contributed by atoms with van der Waals surface area (Å²) in [4.78, 5) is 21.0. The summed E-state index contributed by atoms with van der Waals surface area (Å²) in [5, 5.41) is 0. The molecule has 18 heavy (non-hydrogen) atoms. The number of allylic oxidation sites excluding steroid dienone is 1. The first-order valence-electron chi connectivity index (χ1n) is 6.48. The lowest BCUT2D eigenvalue weighted by Gasteiger charge is -2.25. The average molecular weight is 260 g/mol. The molecule has 0 aliphatic heterocycles. The van der Waals surface area contributed by atoms with Crippen LogP contribution in [0.1, 0.15) is 61.3 Å². The van der Waals surface area contributed by atoms with E-state index < -0.39 is 6.29 Å². The molecule has 0 atom stereocenters. The van der Waals surface area contributed by atoms with Gasteiger partial charge in [0, 0.05) is 6.42 Å². The fourth-order valence-corrected chi connectivity index (χ4v) is 0.865. The van der Waals surface area contributed by atoms with Crippen molar-refractivity contribution in [2.75, 3.05) is 0 Å². The van der Waals surface area contributed by atoms with E-state index in [1.807, 2.05) is 53.7 Å². The molecule has 0 bridgehead atoms. The first-order valence-corrected chi connectivity index (χ1v) is 6.48. The zero-order valence-electron chi connectivity index (χ0n) is 12.8. The number of hydrogen-bond acceptors (Lipinski definition) is 4. The Balaban J connectivity index is 4.20. The van der Waals surface area contributed by atoms with Gasteiger partial charge in [-0.1, -0.05) is 19.1 Å². The van der Waals surface area contributed by atoms with Crippen LogP contribution in [0.4, 0.5) is 0 Å². The zero-order valence-corrected chi connectivity index (χ0v) is 12.8. The molecule has 0 spiro atoms. The van der Waals surface area contributed by atoms with Gasteiger partial charge in [0.25, 0.3) is 0 Å². The van der Waals surface area contributed by atoms with Crippen LogP contribution < -0.4 is 0 Å². The van der Waals surface area contributed by atoms with Crippen LogP contribution in [0.25, 0.3) is 0 Å². The standard InChI is InChI=1S/C14H28O4/c1-8-9-10-11-12(15-17-13(2,3)4)16-18-14(5,6)7/h9-10,12H,8,11H2,1-7H3. The van der Waals surface area contributed by atoms with Crippen LogP contribution in [0.5, 0.6) is 0 Å². The lowest BCUT2D eigenvalue weighted by Crippen LogP contribution is -2.29. The van der Waals surface area contributed by atoms with Crippen LogP contribution >= 0.6 is 0 Å². The van der Waals surface area contributed by atoms with Crippen LogP contribution in [0.3, 0.4) is 0 Å². The second kappa shape index (κ2) is 7.89. The highest BCUT2D eigenvalue weighted by Gasteiger charge is 2.20. The van der Waals surface area contributed by atoms with Gasteiger partial charge in [0.15, 0.2) is 0 Å². The molecule has 108 valence electrons. The van der Waals surface area contributed by atoms with Crippen molar-refractivity contribution in [1.82, 2.24) is 0 Å². The summed E-state index contributed by atoms with van der Waals surface area (Å²) in [5.74, 6) is 0. The fourth-order valence-electron chi connectivity index (χ4n) is 0.865. The molecule has 0 amide bonds. The SMILES string of the molecule is CCC=CCC(OOC(C)(C)C)OOC(C)(C)C. The Bertz CT molecular complexity index is 217. The highest BCUT2D eigenvalue weighted by Crippen LogP contribution is 2.15. The van der Waals surface area contributed by atoms with Crippen LogP contribution in [-0.4, -0.2) is 17.5 Å². The Kier molecular flexibility index (Phi) is 7.71. The molecule has 0 N–H and O–H groups in total. The molecular formula is C14H28O4. The Morgan fingerprint density at radius 2 is 1.28 bits per heavy atom. The lowest BCUT2D eigenvalue weighted by molar-refractivity contribution is -0.496. The maximum atomic E-state index is 5.25. The van der Waals surface area contributed by atoms with E-state index in [0.717, 1.165) is 6.42 Å². The van der Waals surface area contributed by atoms with Gasteiger partial charge in [-0.2, -0.15) is 0 Å². The first-order chi connectivity index (χ1) is 8.14. The Morgan fingerprint density at radius 1 is 0.833 bits per heavy atom. The minimum absolute atomic E-state index is 0.377. The quantitative estimate of drug-likeness (QED) is 0.298. The van der Waals surface area contributed by atoms with Crippen molar-refractivity contribution in [3.63, 3.8) is 0 Å². The molecule has 0 aliphatic carbocycles. The average Bonchev–Trinajstić information content (AvgIpc) is 2.19. The summed E-state index contributed by atoms with van der Waals surface area (Å²) in [6.07, 6.45) is 5.04. The van der Waals surface area contributed by atoms with E-state index in [0.29, 0.717) is 6.42 Å². The predicted molar refractivity (Wildman–Crippen MR) is 71.7 cm³/mol. The molecule has 0 aromatic carbocycles. The highest BCUT2D eigenvalue weighted by molar-refractivity contribution is 4.80. The molecular weight excluding hydrogens is 232 g/mol. The third kappa shape index (κ3) is 12.0. The first kappa shape index (κ1) is 17.6. The number of hydrogen-bond donors (Lipinski definition) is 0. The van der Waals surface area contributed by atoms with Gasteiger partial charge in [0.05, 0.1) is 11.2 Å². The molecule has 4 nitrogen and oxygen atoms in total. The fraction of sp³-hybridized carbons (Fsp3) is 0.857. The molecule has 0 aromatic rings. The third-order valence-electron chi connectivity index (χ3n) is 1.54. The van der Waals surface area contributed by atoms with E-state index >= 15 is 0 Å². The van der Waals surface area contributed by atoms with Gasteiger partial charge in [-0.25, -0.2) is 19.6 Å². The van der Waals surface area contributed by atoms with Gasteiger partial charge < -0.3 is 0 Å². The summed E-state index contributed by atoms with van der Waals surface area (Å²) in [5.41, 5.74) is -0.754. The monoisotopic (exact) mass is 260 g/mol. The molecule has 0 rings (SSSR count). The second-order valence-electron chi connectivity index (χ2n) is 6.13. The predicted octanol–water partition coefficient (Wildman–Crippen LogP) is 4.16. The topological polar surface area (TPSA) is 36.9 Å². The van der Waals surface area contributed by atoms with E-state index in [2.05, 4.69) is 6.92 Å². The van der Waals surface area contributed by atoms with Crippen LogP contribution in [0.2, 0.25) is 0 Å². The van der Waals surface area contributed by atoms with Gasteiger partial charge in [-0.3, -0.25) is 0 Å². The van der Waals surface area contributed by atoms with Gasteiger partial charge >= 0.3 is 0 Å². The minimum atomic E-state index is -0.564. The maximum Gasteiger partial charge on any atom is 0.227 e. The summed E-state index contributed by atoms with van der Waals surface area (Å²) < 4.78 is 0. The van der Waals surface area contributed by atoms with Gasteiger partial charge in [0.2, 0.25) is 6.29 Å². The second-order valence-corrected chi connectivity index (χ2v) is 6.13. The van der Waals surface area contributed by atoms with Crippen molar-refractivity contribution in [1.29, 1.82) is 0 Å². The van der Waals surface area contributed by atoms with Crippen LogP contribution in [-0.2, 0) is 19.6 Å². The summed E-state index contributed by atoms with van der Waals surface area (Å²) >= 11 is 0. The van der Waals surface area contributed by atoms with Crippen molar-refractivity contribution in [2.24, 2.45) is 0 Å². The smallest absolute Gasteiger partial charge is 0.227 e. The molecule has 0 heterocycles. The van der Waals surface area contributed by atoms with Crippen molar-refractivity contribution >= 4 is 0 Å². The summed E-state index contributed by atoms with van der Waals surface area (Å²) in [7, 11) is 0. The zero-order chi connectivity index (χ0) is 14.2. The third-order valence-corrected chi connectivity index (χ3v) is 1.54. The molecule has 0 aliphatic rings. The van der Waals surface area contributed by atoms with E-state index in [1.54, 1.807) is 0 Å². The molecule has 4 heteroatoms. The summed E-state index contributed by atoms with van der Waals surface area (Å²) in [6.45, 7) is 13.6. The highest BCUT2D eigenvalue weighted by atomic mass is 17.3. The van der Waals surface area contributed by atoms with Crippen LogP contribution in [0, 0.1) is 0 Å². The van der Waals surface area contributed by atoms with E-state index in [4.69, 9.17) is 19.6 Å². The molecule has 0 unspecified atom stereocenters. The largest absolute Gasteiger partial charge is 0.228 e. The van der Waals surface area contributed by atoms with E-state index in [9.17, 15) is 0 Å². The molecule has 0 aromatic heterocycles. The molecule has 0 radical (unpaired) electrons. The lowest BCUT2D eigenvalue weighted by atomic mass is 10.2. The van der Waals surface area contributed by atoms with E-state index in [-0.39, 0.29) is 11.2 Å². The molecule has 0 saturated heterocycles. The van der Waals surface area contributed by atoms with Crippen LogP contribution in [0.15, 0.2) is 12.2 Å².